The van der Waals surface area contributed by atoms with E-state index >= 15 is 0 Å². The Balaban J connectivity index is 0.000000349. The Morgan fingerprint density at radius 2 is 1.12 bits per heavy atom. The van der Waals surface area contributed by atoms with Crippen molar-refractivity contribution in [2.24, 2.45) is 0 Å². The number of carboxylic acid groups (broad SMARTS) is 1. The molecule has 4 aromatic rings. The smallest absolute Gasteiger partial charge is 0.342 e. The normalized spacial score (nSPS) is 9.69. The molecule has 0 aliphatic rings. The number of benzene rings is 4. The number of rotatable bonds is 11. The number of thioether (sulfide) groups is 1. The summed E-state index contributed by atoms with van der Waals surface area (Å²) >= 11 is 7.20. The van der Waals surface area contributed by atoms with Crippen molar-refractivity contribution in [1.29, 1.82) is 0 Å². The van der Waals surface area contributed by atoms with E-state index < -0.39 is 31.3 Å². The van der Waals surface area contributed by atoms with Crippen LogP contribution < -0.4 is 26.7 Å². The van der Waals surface area contributed by atoms with Crippen LogP contribution in [0.3, 0.4) is 0 Å². The monoisotopic (exact) mass is 763 g/mol. The van der Waals surface area contributed by atoms with Crippen LogP contribution in [0.1, 0.15) is 30.1 Å². The second kappa shape index (κ2) is 21.6. The van der Waals surface area contributed by atoms with Gasteiger partial charge < -0.3 is 31.8 Å². The lowest BCUT2D eigenvalue weighted by Gasteiger charge is -2.02. The van der Waals surface area contributed by atoms with E-state index in [4.69, 9.17) is 43.4 Å². The van der Waals surface area contributed by atoms with Gasteiger partial charge in [0.2, 0.25) is 0 Å². The molecule has 0 saturated heterocycles. The van der Waals surface area contributed by atoms with Crippen LogP contribution in [-0.2, 0) is 0 Å². The highest BCUT2D eigenvalue weighted by Crippen LogP contribution is 2.29. The largest absolute Gasteiger partial charge is 0.497 e. The highest BCUT2D eigenvalue weighted by molar-refractivity contribution is 7.99. The maximum absolute atomic E-state index is 10.6. The second-order valence-corrected chi connectivity index (χ2v) is 11.4. The van der Waals surface area contributed by atoms with Crippen molar-refractivity contribution in [3.8, 4) is 11.5 Å². The second-order valence-electron chi connectivity index (χ2n) is 9.77. The number of aromatic carboxylic acids is 1. The molecule has 0 spiro atoms. The van der Waals surface area contributed by atoms with Gasteiger partial charge in [-0.25, -0.2) is 4.79 Å². The minimum absolute atomic E-state index is 0.0187. The number of nitrogen functional groups attached to an aromatic ring is 3. The lowest BCUT2D eigenvalue weighted by atomic mass is 10.2. The van der Waals surface area contributed by atoms with Crippen LogP contribution in [-0.4, -0.2) is 50.7 Å². The molecule has 0 amide bonds. The molecule has 4 rings (SSSR count). The zero-order chi connectivity index (χ0) is 39.5. The molecule has 0 radical (unpaired) electrons. The number of carboxylic acids is 1. The summed E-state index contributed by atoms with van der Waals surface area (Å²) in [7, 11) is 2.83. The number of nitrogens with two attached hydrogens (primary N) is 3. The average Bonchev–Trinajstić information content (AvgIpc) is 3.08. The summed E-state index contributed by atoms with van der Waals surface area (Å²) in [5.74, 6) is 0.454. The van der Waals surface area contributed by atoms with E-state index in [2.05, 4.69) is 6.92 Å². The van der Waals surface area contributed by atoms with Gasteiger partial charge in [-0.15, -0.1) is 11.8 Å². The van der Waals surface area contributed by atoms with Crippen LogP contribution in [0.4, 0.5) is 39.8 Å². The number of methoxy groups -OCH3 is 2. The number of halogens is 1. The van der Waals surface area contributed by atoms with E-state index in [0.717, 1.165) is 35.6 Å². The number of nitro groups is 4. The average molecular weight is 764 g/mol. The minimum Gasteiger partial charge on any atom is -0.497 e. The molecule has 4 aromatic carbocycles. The number of unbranched alkanes of at least 4 members (excludes halogenated alkanes) is 1. The maximum atomic E-state index is 10.6. The predicted octanol–water partition coefficient (Wildman–Crippen LogP) is 7.39. The Kier molecular flexibility index (Phi) is 18.1. The van der Waals surface area contributed by atoms with Gasteiger partial charge in [0.25, 0.3) is 22.7 Å². The van der Waals surface area contributed by atoms with Crippen molar-refractivity contribution in [2.75, 3.05) is 37.2 Å². The number of hydrogen-bond donors (Lipinski definition) is 4. The van der Waals surface area contributed by atoms with E-state index in [-0.39, 0.29) is 45.4 Å². The third-order valence-corrected chi connectivity index (χ3v) is 7.53. The van der Waals surface area contributed by atoms with Gasteiger partial charge in [0.1, 0.15) is 34.1 Å². The molecule has 19 nitrogen and oxygen atoms in total. The molecule has 52 heavy (non-hydrogen) atoms. The fourth-order valence-corrected chi connectivity index (χ4v) is 4.84. The fourth-order valence-electron chi connectivity index (χ4n) is 3.61. The van der Waals surface area contributed by atoms with Crippen molar-refractivity contribution in [3.05, 3.63) is 124 Å². The Morgan fingerprint density at radius 3 is 1.52 bits per heavy atom. The van der Waals surface area contributed by atoms with Crippen molar-refractivity contribution in [2.45, 2.75) is 24.7 Å². The number of nitro benzene ring substituents is 4. The zero-order valence-electron chi connectivity index (χ0n) is 27.8. The Hall–Kier alpha value is -6.41. The van der Waals surface area contributed by atoms with E-state index in [1.807, 2.05) is 0 Å². The van der Waals surface area contributed by atoms with Gasteiger partial charge in [0.05, 0.1) is 33.9 Å². The SMILES string of the molecule is CCCCSc1ccc([N+](=O)[O-])c(N)c1.COc1ccc([N+](=O)[O-])c(C(=O)O)c1.COc1ccc([N+](=O)[O-])c(N)c1.Nc1cc(Cl)ccc1[N+](=O)[O-]. The molecule has 0 fully saturated rings. The maximum Gasteiger partial charge on any atom is 0.342 e. The molecular formula is C31H34ClN7O12S. The third-order valence-electron chi connectivity index (χ3n) is 6.21. The minimum atomic E-state index is -1.35. The summed E-state index contributed by atoms with van der Waals surface area (Å²) in [5, 5.41) is 50.5. The van der Waals surface area contributed by atoms with Gasteiger partial charge in [-0.2, -0.15) is 0 Å². The van der Waals surface area contributed by atoms with E-state index in [9.17, 15) is 45.3 Å². The number of ether oxygens (including phenoxy) is 2. The van der Waals surface area contributed by atoms with Crippen molar-refractivity contribution < 1.29 is 39.1 Å². The van der Waals surface area contributed by atoms with Crippen LogP contribution in [0.2, 0.25) is 5.02 Å². The van der Waals surface area contributed by atoms with Crippen molar-refractivity contribution in [3.63, 3.8) is 0 Å². The predicted molar refractivity (Wildman–Crippen MR) is 196 cm³/mol. The zero-order valence-corrected chi connectivity index (χ0v) is 29.4. The number of nitrogens with zero attached hydrogens (tertiary/aromatic N) is 4. The van der Waals surface area contributed by atoms with Gasteiger partial charge >= 0.3 is 5.97 Å². The Morgan fingerprint density at radius 1 is 0.692 bits per heavy atom. The molecule has 0 atom stereocenters. The molecule has 0 aliphatic carbocycles. The van der Waals surface area contributed by atoms with Gasteiger partial charge in [-0.3, -0.25) is 40.5 Å². The van der Waals surface area contributed by atoms with E-state index in [1.165, 1.54) is 62.8 Å². The molecule has 7 N–H and O–H groups in total. The highest BCUT2D eigenvalue weighted by atomic mass is 35.5. The van der Waals surface area contributed by atoms with Gasteiger partial charge in [0, 0.05) is 46.3 Å². The molecular weight excluding hydrogens is 730 g/mol. The topological polar surface area (TPSA) is 306 Å². The van der Waals surface area contributed by atoms with Crippen molar-refractivity contribution >= 4 is 69.1 Å². The van der Waals surface area contributed by atoms with Crippen LogP contribution in [0.5, 0.6) is 11.5 Å². The molecule has 278 valence electrons. The molecule has 0 unspecified atom stereocenters. The van der Waals surface area contributed by atoms with E-state index in [1.54, 1.807) is 23.9 Å². The van der Waals surface area contributed by atoms with Gasteiger partial charge in [0.15, 0.2) is 0 Å². The van der Waals surface area contributed by atoms with Gasteiger partial charge in [-0.1, -0.05) is 24.9 Å². The molecule has 0 heterocycles. The molecule has 0 aliphatic heterocycles. The van der Waals surface area contributed by atoms with E-state index in [0.29, 0.717) is 10.8 Å². The summed E-state index contributed by atoms with van der Waals surface area (Å²) in [4.78, 5) is 50.8. The van der Waals surface area contributed by atoms with Crippen molar-refractivity contribution in [1.82, 2.24) is 0 Å². The lowest BCUT2D eigenvalue weighted by molar-refractivity contribution is -0.385. The molecule has 21 heteroatoms. The molecule has 0 aromatic heterocycles. The highest BCUT2D eigenvalue weighted by Gasteiger charge is 2.20. The van der Waals surface area contributed by atoms with Crippen LogP contribution in [0.15, 0.2) is 77.7 Å². The van der Waals surface area contributed by atoms with Crippen LogP contribution >= 0.6 is 23.4 Å². The molecule has 0 saturated carbocycles. The quantitative estimate of drug-likeness (QED) is 0.0380. The number of hydrogen-bond acceptors (Lipinski definition) is 15. The number of carbonyl (C=O) groups is 1. The first-order valence-electron chi connectivity index (χ1n) is 14.5. The van der Waals surface area contributed by atoms with Gasteiger partial charge in [-0.05, 0) is 48.6 Å². The lowest BCUT2D eigenvalue weighted by Crippen LogP contribution is -2.02. The Bertz CT molecular complexity index is 1900. The summed E-state index contributed by atoms with van der Waals surface area (Å²) in [6, 6.07) is 16.7. The van der Waals surface area contributed by atoms with Crippen LogP contribution in [0.25, 0.3) is 0 Å². The first-order valence-corrected chi connectivity index (χ1v) is 15.8. The third kappa shape index (κ3) is 14.2. The van der Waals surface area contributed by atoms with Crippen LogP contribution in [0, 0.1) is 40.5 Å². The summed E-state index contributed by atoms with van der Waals surface area (Å²) in [6.45, 7) is 2.13. The standard InChI is InChI=1S/C10H14N2O2S.C8H7NO5.C7H8N2O3.C6H5ClN2O2/c1-2-3-6-15-8-4-5-10(12(13)14)9(11)7-8;1-14-5-2-3-7(9(12)13)6(4-5)8(10)11;1-12-5-2-3-7(9(10)11)6(8)4-5;7-4-1-2-6(9(10)11)5(8)3-4/h4-5,7H,2-3,6,11H2,1H3;2-4H,1H3,(H,10,11);2-4H,8H2,1H3;1-3H,8H2. The summed E-state index contributed by atoms with van der Waals surface area (Å²) < 4.78 is 9.58. The first kappa shape index (κ1) is 43.6. The Labute approximate surface area is 304 Å². The molecule has 0 bridgehead atoms. The first-order chi connectivity index (χ1) is 24.5. The fraction of sp³-hybridized carbons (Fsp3) is 0.194. The summed E-state index contributed by atoms with van der Waals surface area (Å²) in [6.07, 6.45) is 2.29. The number of anilines is 3. The summed E-state index contributed by atoms with van der Waals surface area (Å²) in [5.41, 5.74) is 15.6.